The summed E-state index contributed by atoms with van der Waals surface area (Å²) in [5.41, 5.74) is 0.442. The molecule has 0 bridgehead atoms. The minimum atomic E-state index is -4.62. The Bertz CT molecular complexity index is 492. The SMILES string of the molecule is FC(F)(F)c1nc(-c2ccc(S)cc2)no1. The first-order chi connectivity index (χ1) is 7.47. The van der Waals surface area contributed by atoms with Crippen LogP contribution in [0.5, 0.6) is 0 Å². The van der Waals surface area contributed by atoms with Crippen LogP contribution in [-0.2, 0) is 6.18 Å². The number of rotatable bonds is 1. The van der Waals surface area contributed by atoms with E-state index in [9.17, 15) is 13.2 Å². The molecule has 1 aromatic carbocycles. The lowest BCUT2D eigenvalue weighted by atomic mass is 10.2. The third-order valence-corrected chi connectivity index (χ3v) is 2.09. The topological polar surface area (TPSA) is 38.9 Å². The standard InChI is InChI=1S/C9H5F3N2OS/c10-9(11,12)8-13-7(14-15-8)5-1-3-6(16)4-2-5/h1-4,16H. The summed E-state index contributed by atoms with van der Waals surface area (Å²) in [5.74, 6) is -1.45. The molecule has 0 amide bonds. The molecule has 0 radical (unpaired) electrons. The highest BCUT2D eigenvalue weighted by Crippen LogP contribution is 2.29. The van der Waals surface area contributed by atoms with Crippen molar-refractivity contribution in [2.75, 3.05) is 0 Å². The number of aromatic nitrogens is 2. The molecule has 84 valence electrons. The van der Waals surface area contributed by atoms with E-state index in [2.05, 4.69) is 27.3 Å². The van der Waals surface area contributed by atoms with Gasteiger partial charge in [0, 0.05) is 10.5 Å². The second-order valence-corrected chi connectivity index (χ2v) is 3.48. The van der Waals surface area contributed by atoms with Crippen LogP contribution in [-0.4, -0.2) is 10.1 Å². The minimum Gasteiger partial charge on any atom is -0.329 e. The maximum atomic E-state index is 12.2. The van der Waals surface area contributed by atoms with Gasteiger partial charge in [-0.25, -0.2) is 0 Å². The van der Waals surface area contributed by atoms with Crippen molar-refractivity contribution in [2.24, 2.45) is 0 Å². The second kappa shape index (κ2) is 3.82. The molecular formula is C9H5F3N2OS. The molecular weight excluding hydrogens is 241 g/mol. The zero-order valence-electron chi connectivity index (χ0n) is 7.69. The summed E-state index contributed by atoms with van der Waals surface area (Å²) in [5, 5.41) is 3.25. The van der Waals surface area contributed by atoms with Crippen molar-refractivity contribution < 1.29 is 17.7 Å². The van der Waals surface area contributed by atoms with Gasteiger partial charge in [-0.15, -0.1) is 12.6 Å². The lowest BCUT2D eigenvalue weighted by Gasteiger charge is -1.96. The van der Waals surface area contributed by atoms with E-state index in [1.807, 2.05) is 0 Å². The Balaban J connectivity index is 2.35. The van der Waals surface area contributed by atoms with Gasteiger partial charge < -0.3 is 4.52 Å². The Labute approximate surface area is 93.7 Å². The summed E-state index contributed by atoms with van der Waals surface area (Å²) in [6.45, 7) is 0. The second-order valence-electron chi connectivity index (χ2n) is 2.97. The van der Waals surface area contributed by atoms with Gasteiger partial charge in [0.1, 0.15) is 0 Å². The Morgan fingerprint density at radius 1 is 1.12 bits per heavy atom. The zero-order valence-corrected chi connectivity index (χ0v) is 8.59. The molecule has 0 unspecified atom stereocenters. The fraction of sp³-hybridized carbons (Fsp3) is 0.111. The summed E-state index contributed by atoms with van der Waals surface area (Å²) >= 11 is 4.05. The molecule has 3 nitrogen and oxygen atoms in total. The van der Waals surface area contributed by atoms with Crippen LogP contribution < -0.4 is 0 Å². The number of nitrogens with zero attached hydrogens (tertiary/aromatic N) is 2. The molecule has 16 heavy (non-hydrogen) atoms. The Morgan fingerprint density at radius 3 is 2.25 bits per heavy atom. The van der Waals surface area contributed by atoms with Gasteiger partial charge in [-0.1, -0.05) is 5.16 Å². The molecule has 0 N–H and O–H groups in total. The van der Waals surface area contributed by atoms with E-state index in [4.69, 9.17) is 0 Å². The van der Waals surface area contributed by atoms with E-state index in [0.29, 0.717) is 10.5 Å². The van der Waals surface area contributed by atoms with Crippen LogP contribution in [0.4, 0.5) is 13.2 Å². The van der Waals surface area contributed by atoms with Crippen molar-refractivity contribution in [3.63, 3.8) is 0 Å². The molecule has 0 atom stereocenters. The van der Waals surface area contributed by atoms with Gasteiger partial charge >= 0.3 is 12.1 Å². The molecule has 0 saturated heterocycles. The van der Waals surface area contributed by atoms with Gasteiger partial charge in [0.2, 0.25) is 5.82 Å². The van der Waals surface area contributed by atoms with E-state index in [0.717, 1.165) is 0 Å². The number of halogens is 3. The van der Waals surface area contributed by atoms with Gasteiger partial charge in [-0.05, 0) is 24.3 Å². The molecule has 7 heteroatoms. The lowest BCUT2D eigenvalue weighted by molar-refractivity contribution is -0.159. The highest BCUT2D eigenvalue weighted by Gasteiger charge is 2.38. The first kappa shape index (κ1) is 11.0. The van der Waals surface area contributed by atoms with Crippen LogP contribution in [0, 0.1) is 0 Å². The van der Waals surface area contributed by atoms with Crippen molar-refractivity contribution in [3.05, 3.63) is 30.2 Å². The number of hydrogen-bond acceptors (Lipinski definition) is 4. The molecule has 1 heterocycles. The molecule has 0 fully saturated rings. The molecule has 2 aromatic rings. The van der Waals surface area contributed by atoms with E-state index >= 15 is 0 Å². The fourth-order valence-electron chi connectivity index (χ4n) is 1.07. The lowest BCUT2D eigenvalue weighted by Crippen LogP contribution is -2.04. The summed E-state index contributed by atoms with van der Waals surface area (Å²) in [6, 6.07) is 6.38. The predicted molar refractivity (Wildman–Crippen MR) is 52.0 cm³/mol. The smallest absolute Gasteiger partial charge is 0.329 e. The third-order valence-electron chi connectivity index (χ3n) is 1.79. The quantitative estimate of drug-likeness (QED) is 0.786. The first-order valence-corrected chi connectivity index (χ1v) is 4.62. The average molecular weight is 246 g/mol. The number of thiol groups is 1. The Kier molecular flexibility index (Phi) is 2.63. The maximum Gasteiger partial charge on any atom is 0.471 e. The molecule has 2 rings (SSSR count). The van der Waals surface area contributed by atoms with Crippen LogP contribution >= 0.6 is 12.6 Å². The van der Waals surface area contributed by atoms with Crippen LogP contribution in [0.3, 0.4) is 0 Å². The molecule has 0 spiro atoms. The largest absolute Gasteiger partial charge is 0.471 e. The zero-order chi connectivity index (χ0) is 11.8. The predicted octanol–water partition coefficient (Wildman–Crippen LogP) is 3.04. The third kappa shape index (κ3) is 2.19. The van der Waals surface area contributed by atoms with Gasteiger partial charge in [0.25, 0.3) is 0 Å². The highest BCUT2D eigenvalue weighted by atomic mass is 32.1. The fourth-order valence-corrected chi connectivity index (χ4v) is 1.22. The molecule has 0 saturated carbocycles. The molecule has 0 aliphatic heterocycles. The minimum absolute atomic E-state index is 0.0966. The highest BCUT2D eigenvalue weighted by molar-refractivity contribution is 7.80. The van der Waals surface area contributed by atoms with Crippen molar-refractivity contribution in [2.45, 2.75) is 11.1 Å². The van der Waals surface area contributed by atoms with Crippen LogP contribution in [0.1, 0.15) is 5.89 Å². The normalized spacial score (nSPS) is 11.8. The van der Waals surface area contributed by atoms with Crippen molar-refractivity contribution in [1.82, 2.24) is 10.1 Å². The maximum absolute atomic E-state index is 12.2. The summed E-state index contributed by atoms with van der Waals surface area (Å²) < 4.78 is 40.6. The van der Waals surface area contributed by atoms with E-state index in [-0.39, 0.29) is 5.82 Å². The summed E-state index contributed by atoms with van der Waals surface area (Å²) in [7, 11) is 0. The van der Waals surface area contributed by atoms with E-state index in [1.165, 1.54) is 0 Å². The molecule has 1 aromatic heterocycles. The van der Waals surface area contributed by atoms with Crippen molar-refractivity contribution >= 4 is 12.6 Å². The van der Waals surface area contributed by atoms with E-state index < -0.39 is 12.1 Å². The van der Waals surface area contributed by atoms with E-state index in [1.54, 1.807) is 24.3 Å². The van der Waals surface area contributed by atoms with Crippen LogP contribution in [0.25, 0.3) is 11.4 Å². The van der Waals surface area contributed by atoms with Gasteiger partial charge in [-0.2, -0.15) is 18.2 Å². The van der Waals surface area contributed by atoms with Crippen molar-refractivity contribution in [1.29, 1.82) is 0 Å². The number of alkyl halides is 3. The summed E-state index contributed by atoms with van der Waals surface area (Å²) in [6.07, 6.45) is -4.62. The van der Waals surface area contributed by atoms with Gasteiger partial charge in [0.15, 0.2) is 0 Å². The molecule has 0 aliphatic rings. The van der Waals surface area contributed by atoms with Crippen LogP contribution in [0.2, 0.25) is 0 Å². The summed E-state index contributed by atoms with van der Waals surface area (Å²) in [4.78, 5) is 3.95. The number of hydrogen-bond donors (Lipinski definition) is 1. The van der Waals surface area contributed by atoms with Gasteiger partial charge in [-0.3, -0.25) is 0 Å². The monoisotopic (exact) mass is 246 g/mol. The Hall–Kier alpha value is -1.50. The Morgan fingerprint density at radius 2 is 1.75 bits per heavy atom. The average Bonchev–Trinajstić information content (AvgIpc) is 2.67. The van der Waals surface area contributed by atoms with Crippen molar-refractivity contribution in [3.8, 4) is 11.4 Å². The van der Waals surface area contributed by atoms with Crippen LogP contribution in [0.15, 0.2) is 33.7 Å². The van der Waals surface area contributed by atoms with Gasteiger partial charge in [0.05, 0.1) is 0 Å². The number of benzene rings is 1. The molecule has 0 aliphatic carbocycles. The first-order valence-electron chi connectivity index (χ1n) is 4.17.